The van der Waals surface area contributed by atoms with Crippen LogP contribution in [0.15, 0.2) is 0 Å². The van der Waals surface area contributed by atoms with Gasteiger partial charge in [-0.15, -0.1) is 0 Å². The fourth-order valence-electron chi connectivity index (χ4n) is 0.983. The van der Waals surface area contributed by atoms with Gasteiger partial charge in [0.1, 0.15) is 0 Å². The Kier molecular flexibility index (Phi) is 5.86. The summed E-state index contributed by atoms with van der Waals surface area (Å²) in [6.07, 6.45) is 0.899. The highest BCUT2D eigenvalue weighted by Crippen LogP contribution is 2.02. The minimum absolute atomic E-state index is 0.173. The van der Waals surface area contributed by atoms with Gasteiger partial charge >= 0.3 is 0 Å². The summed E-state index contributed by atoms with van der Waals surface area (Å²) < 4.78 is 0. The maximum atomic E-state index is 11.5. The second-order valence-corrected chi connectivity index (χ2v) is 3.65. The lowest BCUT2D eigenvalue weighted by Crippen LogP contribution is -2.50. The first kappa shape index (κ1) is 12.6. The molecule has 0 unspecified atom stereocenters. The van der Waals surface area contributed by atoms with Crippen LogP contribution in [0.25, 0.3) is 0 Å². The molecule has 0 saturated carbocycles. The molecule has 0 fully saturated rings. The van der Waals surface area contributed by atoms with E-state index in [0.29, 0.717) is 13.1 Å². The normalized spacial score (nSPS) is 11.7. The number of nitrogens with one attached hydrogen (secondary N) is 2. The van der Waals surface area contributed by atoms with E-state index in [9.17, 15) is 4.79 Å². The molecule has 0 aliphatic carbocycles. The maximum absolute atomic E-state index is 11.5. The third kappa shape index (κ3) is 4.98. The van der Waals surface area contributed by atoms with Crippen LogP contribution in [0.4, 0.5) is 0 Å². The Bertz CT molecular complexity index is 157. The molecule has 78 valence electrons. The summed E-state index contributed by atoms with van der Waals surface area (Å²) in [5.74, 6) is 0.173. The number of hydrogen-bond donors (Lipinski definition) is 3. The van der Waals surface area contributed by atoms with Crippen LogP contribution in [0, 0.1) is 0 Å². The second-order valence-electron chi connectivity index (χ2n) is 3.65. The minimum atomic E-state index is -0.446. The second kappa shape index (κ2) is 6.07. The number of Topliss-reactive ketones (excluding diaryl/α,β-unsaturated/α-hetero) is 1. The Morgan fingerprint density at radius 1 is 1.46 bits per heavy atom. The van der Waals surface area contributed by atoms with Crippen molar-refractivity contribution in [2.45, 2.75) is 25.8 Å². The molecule has 0 atom stereocenters. The summed E-state index contributed by atoms with van der Waals surface area (Å²) in [5.41, 5.74) is 4.91. The van der Waals surface area contributed by atoms with Gasteiger partial charge in [-0.1, -0.05) is 0 Å². The Labute approximate surface area is 80.3 Å². The van der Waals surface area contributed by atoms with Crippen molar-refractivity contribution >= 4 is 5.78 Å². The minimum Gasteiger partial charge on any atom is -0.330 e. The van der Waals surface area contributed by atoms with Gasteiger partial charge in [0.2, 0.25) is 0 Å². The van der Waals surface area contributed by atoms with Crippen LogP contribution in [-0.4, -0.2) is 38.0 Å². The van der Waals surface area contributed by atoms with Crippen LogP contribution >= 0.6 is 0 Å². The molecule has 0 saturated heterocycles. The number of likely N-dealkylation sites (N-methyl/N-ethyl adjacent to an activating group) is 1. The van der Waals surface area contributed by atoms with Crippen LogP contribution in [-0.2, 0) is 4.79 Å². The van der Waals surface area contributed by atoms with E-state index in [1.807, 2.05) is 13.8 Å². The number of nitrogens with two attached hydrogens (primary N) is 1. The monoisotopic (exact) mass is 187 g/mol. The summed E-state index contributed by atoms with van der Waals surface area (Å²) >= 11 is 0. The van der Waals surface area contributed by atoms with Crippen molar-refractivity contribution in [1.82, 2.24) is 10.6 Å². The van der Waals surface area contributed by atoms with Gasteiger partial charge < -0.3 is 16.4 Å². The number of carbonyl (C=O) groups is 1. The van der Waals surface area contributed by atoms with Gasteiger partial charge in [0.15, 0.2) is 5.78 Å². The van der Waals surface area contributed by atoms with Gasteiger partial charge in [-0.3, -0.25) is 4.79 Å². The molecule has 0 aliphatic heterocycles. The standard InChI is InChI=1S/C9H21N3O/c1-9(2,8(13)7-11-3)12-6-4-5-10/h11-12H,4-7,10H2,1-3H3. The molecule has 0 amide bonds. The molecule has 0 spiro atoms. The molecule has 4 heteroatoms. The first-order valence-corrected chi connectivity index (χ1v) is 4.67. The van der Waals surface area contributed by atoms with Gasteiger partial charge in [0, 0.05) is 0 Å². The quantitative estimate of drug-likeness (QED) is 0.470. The molecule has 4 N–H and O–H groups in total. The molecule has 0 bridgehead atoms. The predicted molar refractivity (Wildman–Crippen MR) is 54.7 cm³/mol. The third-order valence-corrected chi connectivity index (χ3v) is 1.98. The van der Waals surface area contributed by atoms with Crippen LogP contribution in [0.5, 0.6) is 0 Å². The number of rotatable bonds is 7. The average Bonchev–Trinajstić information content (AvgIpc) is 2.05. The fraction of sp³-hybridized carbons (Fsp3) is 0.889. The average molecular weight is 187 g/mol. The molecule has 0 radical (unpaired) electrons. The van der Waals surface area contributed by atoms with E-state index < -0.39 is 5.54 Å². The van der Waals surface area contributed by atoms with Crippen LogP contribution in [0.3, 0.4) is 0 Å². The van der Waals surface area contributed by atoms with Gasteiger partial charge in [0.05, 0.1) is 12.1 Å². The number of hydrogen-bond acceptors (Lipinski definition) is 4. The third-order valence-electron chi connectivity index (χ3n) is 1.98. The van der Waals surface area contributed by atoms with Crippen molar-refractivity contribution in [3.8, 4) is 0 Å². The van der Waals surface area contributed by atoms with Crippen LogP contribution in [0.1, 0.15) is 20.3 Å². The van der Waals surface area contributed by atoms with Crippen molar-refractivity contribution in [2.75, 3.05) is 26.7 Å². The van der Waals surface area contributed by atoms with E-state index in [4.69, 9.17) is 5.73 Å². The molecule has 0 aliphatic rings. The smallest absolute Gasteiger partial charge is 0.165 e. The van der Waals surface area contributed by atoms with Gasteiger partial charge in [-0.25, -0.2) is 0 Å². The van der Waals surface area contributed by atoms with E-state index in [1.165, 1.54) is 0 Å². The summed E-state index contributed by atoms with van der Waals surface area (Å²) in [4.78, 5) is 11.5. The largest absolute Gasteiger partial charge is 0.330 e. The Hall–Kier alpha value is -0.450. The molecule has 13 heavy (non-hydrogen) atoms. The Balaban J connectivity index is 3.83. The van der Waals surface area contributed by atoms with Crippen molar-refractivity contribution < 1.29 is 4.79 Å². The SMILES string of the molecule is CNCC(=O)C(C)(C)NCCCN. The zero-order valence-corrected chi connectivity index (χ0v) is 8.81. The van der Waals surface area contributed by atoms with Crippen molar-refractivity contribution in [2.24, 2.45) is 5.73 Å². The molecule has 0 heterocycles. The molecular formula is C9H21N3O. The number of ketones is 1. The highest BCUT2D eigenvalue weighted by Gasteiger charge is 2.24. The van der Waals surface area contributed by atoms with Gasteiger partial charge in [-0.05, 0) is 40.4 Å². The van der Waals surface area contributed by atoms with E-state index in [-0.39, 0.29) is 5.78 Å². The van der Waals surface area contributed by atoms with E-state index in [0.717, 1.165) is 13.0 Å². The van der Waals surface area contributed by atoms with Gasteiger partial charge in [0.25, 0.3) is 0 Å². The van der Waals surface area contributed by atoms with Crippen molar-refractivity contribution in [3.63, 3.8) is 0 Å². The van der Waals surface area contributed by atoms with E-state index in [1.54, 1.807) is 7.05 Å². The van der Waals surface area contributed by atoms with Crippen molar-refractivity contribution in [1.29, 1.82) is 0 Å². The lowest BCUT2D eigenvalue weighted by atomic mass is 9.99. The first-order valence-electron chi connectivity index (χ1n) is 4.67. The molecule has 0 aromatic carbocycles. The van der Waals surface area contributed by atoms with Gasteiger partial charge in [-0.2, -0.15) is 0 Å². The lowest BCUT2D eigenvalue weighted by Gasteiger charge is -2.24. The number of carbonyl (C=O) groups excluding carboxylic acids is 1. The highest BCUT2D eigenvalue weighted by atomic mass is 16.1. The molecular weight excluding hydrogens is 166 g/mol. The topological polar surface area (TPSA) is 67.2 Å². The first-order chi connectivity index (χ1) is 6.04. The zero-order chi connectivity index (χ0) is 10.3. The Morgan fingerprint density at radius 2 is 2.08 bits per heavy atom. The summed E-state index contributed by atoms with van der Waals surface area (Å²) in [6.45, 7) is 5.64. The predicted octanol–water partition coefficient (Wildman–Crippen LogP) is -0.508. The molecule has 0 aromatic rings. The van der Waals surface area contributed by atoms with Crippen molar-refractivity contribution in [3.05, 3.63) is 0 Å². The fourth-order valence-corrected chi connectivity index (χ4v) is 0.983. The van der Waals surface area contributed by atoms with E-state index in [2.05, 4.69) is 10.6 Å². The maximum Gasteiger partial charge on any atom is 0.165 e. The molecule has 4 nitrogen and oxygen atoms in total. The lowest BCUT2D eigenvalue weighted by molar-refractivity contribution is -0.123. The summed E-state index contributed by atoms with van der Waals surface area (Å²) in [7, 11) is 1.77. The van der Waals surface area contributed by atoms with Crippen LogP contribution in [0.2, 0.25) is 0 Å². The molecule has 0 aromatic heterocycles. The van der Waals surface area contributed by atoms with Crippen LogP contribution < -0.4 is 16.4 Å². The highest BCUT2D eigenvalue weighted by molar-refractivity contribution is 5.89. The Morgan fingerprint density at radius 3 is 2.54 bits per heavy atom. The molecule has 0 rings (SSSR count). The summed E-state index contributed by atoms with van der Waals surface area (Å²) in [5, 5.41) is 6.02. The summed E-state index contributed by atoms with van der Waals surface area (Å²) in [6, 6.07) is 0. The van der Waals surface area contributed by atoms with E-state index >= 15 is 0 Å². The zero-order valence-electron chi connectivity index (χ0n) is 8.81.